The van der Waals surface area contributed by atoms with Crippen LogP contribution in [0.15, 0.2) is 60.8 Å². The molecule has 0 radical (unpaired) electrons. The van der Waals surface area contributed by atoms with E-state index in [-0.39, 0.29) is 20.9 Å². The third kappa shape index (κ3) is 3.13. The number of hydrogen-bond acceptors (Lipinski definition) is 2. The summed E-state index contributed by atoms with van der Waals surface area (Å²) in [6, 6.07) is 18.5. The number of amides is 1. The number of benzene rings is 2. The SMILES string of the molecule is CC(=O)Nc1ccc([Se]c2ccccc2)c2cccnc12. The fourth-order valence-corrected chi connectivity index (χ4v) is 4.15. The molecule has 0 spiro atoms. The van der Waals surface area contributed by atoms with Gasteiger partial charge in [0.1, 0.15) is 0 Å². The standard InChI is InChI=1S/C17H14N2OSe/c1-12(20)19-15-9-10-16(14-8-5-11-18-17(14)15)21-13-6-3-2-4-7-13/h2-11H,1H3,(H,19,20). The van der Waals surface area contributed by atoms with E-state index >= 15 is 0 Å². The molecule has 3 nitrogen and oxygen atoms in total. The summed E-state index contributed by atoms with van der Waals surface area (Å²) >= 11 is 0.220. The molecule has 1 heterocycles. The molecule has 1 amide bonds. The summed E-state index contributed by atoms with van der Waals surface area (Å²) in [7, 11) is 0. The number of anilines is 1. The molecule has 2 aromatic carbocycles. The quantitative estimate of drug-likeness (QED) is 0.739. The van der Waals surface area contributed by atoms with Gasteiger partial charge in [-0.3, -0.25) is 0 Å². The average Bonchev–Trinajstić information content (AvgIpc) is 2.50. The van der Waals surface area contributed by atoms with Crippen molar-refractivity contribution in [2.45, 2.75) is 6.92 Å². The predicted molar refractivity (Wildman–Crippen MR) is 87.5 cm³/mol. The first-order valence-corrected chi connectivity index (χ1v) is 8.33. The molecule has 4 heteroatoms. The van der Waals surface area contributed by atoms with Crippen molar-refractivity contribution in [2.24, 2.45) is 0 Å². The summed E-state index contributed by atoms with van der Waals surface area (Å²) in [5, 5.41) is 3.95. The first-order valence-electron chi connectivity index (χ1n) is 6.62. The van der Waals surface area contributed by atoms with Crippen molar-refractivity contribution < 1.29 is 4.79 Å². The minimum atomic E-state index is -0.0803. The Morgan fingerprint density at radius 3 is 2.62 bits per heavy atom. The number of nitrogens with zero attached hydrogens (tertiary/aromatic N) is 1. The van der Waals surface area contributed by atoms with E-state index in [1.165, 1.54) is 15.8 Å². The molecule has 0 saturated heterocycles. The summed E-state index contributed by atoms with van der Waals surface area (Å²) < 4.78 is 2.59. The summed E-state index contributed by atoms with van der Waals surface area (Å²) in [5.74, 6) is -0.0803. The molecule has 104 valence electrons. The van der Waals surface area contributed by atoms with Crippen LogP contribution in [0.25, 0.3) is 10.9 Å². The van der Waals surface area contributed by atoms with Gasteiger partial charge in [-0.2, -0.15) is 0 Å². The molecule has 0 saturated carbocycles. The van der Waals surface area contributed by atoms with E-state index in [2.05, 4.69) is 46.7 Å². The van der Waals surface area contributed by atoms with Gasteiger partial charge in [-0.05, 0) is 0 Å². The van der Waals surface area contributed by atoms with Crippen molar-refractivity contribution in [3.05, 3.63) is 60.8 Å². The molecule has 3 rings (SSSR count). The molecule has 21 heavy (non-hydrogen) atoms. The Labute approximate surface area is 129 Å². The predicted octanol–water partition coefficient (Wildman–Crippen LogP) is 1.85. The molecule has 0 aliphatic heterocycles. The Kier molecular flexibility index (Phi) is 4.00. The zero-order valence-electron chi connectivity index (χ0n) is 11.5. The second kappa shape index (κ2) is 6.08. The molecule has 1 aromatic heterocycles. The first-order chi connectivity index (χ1) is 10.2. The van der Waals surface area contributed by atoms with Gasteiger partial charge in [-0.1, -0.05) is 0 Å². The van der Waals surface area contributed by atoms with Gasteiger partial charge in [0.2, 0.25) is 0 Å². The number of fused-ring (bicyclic) bond motifs is 1. The van der Waals surface area contributed by atoms with Gasteiger partial charge in [0.25, 0.3) is 0 Å². The van der Waals surface area contributed by atoms with Gasteiger partial charge in [-0.25, -0.2) is 0 Å². The van der Waals surface area contributed by atoms with Crippen molar-refractivity contribution >= 4 is 46.4 Å². The summed E-state index contributed by atoms with van der Waals surface area (Å²) in [6.07, 6.45) is 1.76. The number of hydrogen-bond donors (Lipinski definition) is 1. The normalized spacial score (nSPS) is 10.5. The van der Waals surface area contributed by atoms with Crippen molar-refractivity contribution in [2.75, 3.05) is 5.32 Å². The molecule has 3 aromatic rings. The van der Waals surface area contributed by atoms with Gasteiger partial charge in [0.15, 0.2) is 0 Å². The van der Waals surface area contributed by atoms with Crippen LogP contribution in [0.5, 0.6) is 0 Å². The van der Waals surface area contributed by atoms with Crippen LogP contribution in [0, 0.1) is 0 Å². The minimum absolute atomic E-state index is 0.0803. The number of aromatic nitrogens is 1. The fraction of sp³-hybridized carbons (Fsp3) is 0.0588. The first kappa shape index (κ1) is 13.8. The van der Waals surface area contributed by atoms with E-state index in [0.717, 1.165) is 16.6 Å². The van der Waals surface area contributed by atoms with E-state index < -0.39 is 0 Å². The van der Waals surface area contributed by atoms with Crippen LogP contribution < -0.4 is 14.2 Å². The van der Waals surface area contributed by atoms with E-state index in [1.807, 2.05) is 18.2 Å². The summed E-state index contributed by atoms with van der Waals surface area (Å²) in [4.78, 5) is 15.7. The topological polar surface area (TPSA) is 42.0 Å². The van der Waals surface area contributed by atoms with Crippen LogP contribution in [-0.4, -0.2) is 25.8 Å². The monoisotopic (exact) mass is 342 g/mol. The van der Waals surface area contributed by atoms with E-state index in [4.69, 9.17) is 0 Å². The van der Waals surface area contributed by atoms with Gasteiger partial charge in [-0.15, -0.1) is 0 Å². The van der Waals surface area contributed by atoms with E-state index in [1.54, 1.807) is 6.20 Å². The van der Waals surface area contributed by atoms with Gasteiger partial charge in [0, 0.05) is 0 Å². The molecular formula is C17H14N2OSe. The van der Waals surface area contributed by atoms with Crippen molar-refractivity contribution in [1.29, 1.82) is 0 Å². The fourth-order valence-electron chi connectivity index (χ4n) is 2.14. The van der Waals surface area contributed by atoms with Crippen LogP contribution in [0.2, 0.25) is 0 Å². The number of nitrogens with one attached hydrogen (secondary N) is 1. The molecule has 0 aliphatic carbocycles. The molecule has 0 fully saturated rings. The van der Waals surface area contributed by atoms with E-state index in [0.29, 0.717) is 0 Å². The zero-order chi connectivity index (χ0) is 14.7. The maximum atomic E-state index is 11.3. The van der Waals surface area contributed by atoms with Crippen LogP contribution >= 0.6 is 0 Å². The molecular weight excluding hydrogens is 327 g/mol. The van der Waals surface area contributed by atoms with Crippen molar-refractivity contribution in [1.82, 2.24) is 4.98 Å². The third-order valence-corrected chi connectivity index (χ3v) is 5.29. The van der Waals surface area contributed by atoms with Gasteiger partial charge in [0.05, 0.1) is 0 Å². The third-order valence-electron chi connectivity index (χ3n) is 3.01. The maximum absolute atomic E-state index is 11.3. The Morgan fingerprint density at radius 2 is 1.86 bits per heavy atom. The molecule has 0 atom stereocenters. The number of rotatable bonds is 3. The molecule has 0 bridgehead atoms. The molecule has 0 unspecified atom stereocenters. The van der Waals surface area contributed by atoms with Crippen molar-refractivity contribution in [3.8, 4) is 0 Å². The van der Waals surface area contributed by atoms with Crippen LogP contribution in [0.4, 0.5) is 5.69 Å². The molecule has 1 N–H and O–H groups in total. The van der Waals surface area contributed by atoms with Crippen LogP contribution in [0.3, 0.4) is 0 Å². The number of carbonyl (C=O) groups excluding carboxylic acids is 1. The Morgan fingerprint density at radius 1 is 1.05 bits per heavy atom. The van der Waals surface area contributed by atoms with Crippen molar-refractivity contribution in [3.63, 3.8) is 0 Å². The number of pyridine rings is 1. The van der Waals surface area contributed by atoms with E-state index in [9.17, 15) is 4.79 Å². The van der Waals surface area contributed by atoms with Gasteiger partial charge < -0.3 is 0 Å². The number of carbonyl (C=O) groups is 1. The zero-order valence-corrected chi connectivity index (χ0v) is 13.3. The summed E-state index contributed by atoms with van der Waals surface area (Å²) in [6.45, 7) is 1.51. The van der Waals surface area contributed by atoms with Crippen LogP contribution in [-0.2, 0) is 4.79 Å². The van der Waals surface area contributed by atoms with Crippen LogP contribution in [0.1, 0.15) is 6.92 Å². The second-order valence-electron chi connectivity index (χ2n) is 4.61. The Bertz CT molecular complexity index is 787. The van der Waals surface area contributed by atoms with Gasteiger partial charge >= 0.3 is 129 Å². The summed E-state index contributed by atoms with van der Waals surface area (Å²) in [5.41, 5.74) is 1.62. The molecule has 0 aliphatic rings. The Balaban J connectivity index is 2.06. The second-order valence-corrected chi connectivity index (χ2v) is 6.95. The Hall–Kier alpha value is -2.16. The average molecular weight is 341 g/mol.